The van der Waals surface area contributed by atoms with E-state index in [0.717, 1.165) is 28.8 Å². The molecule has 0 radical (unpaired) electrons. The first-order chi connectivity index (χ1) is 8.49. The maximum absolute atomic E-state index is 12.3. The summed E-state index contributed by atoms with van der Waals surface area (Å²) in [7, 11) is 0. The van der Waals surface area contributed by atoms with Gasteiger partial charge in [0.1, 0.15) is 0 Å². The van der Waals surface area contributed by atoms with E-state index >= 15 is 0 Å². The van der Waals surface area contributed by atoms with Gasteiger partial charge in [0.15, 0.2) is 0 Å². The quantitative estimate of drug-likeness (QED) is 0.865. The smallest absolute Gasteiger partial charge is 0.243 e. The topological polar surface area (TPSA) is 32.3 Å². The zero-order valence-corrected chi connectivity index (χ0v) is 12.6. The van der Waals surface area contributed by atoms with Gasteiger partial charge in [0, 0.05) is 23.2 Å². The minimum atomic E-state index is -0.112. The number of anilines is 1. The molecule has 1 aromatic rings. The molecule has 0 aliphatic carbocycles. The van der Waals surface area contributed by atoms with Crippen LogP contribution in [0.3, 0.4) is 0 Å². The number of halogens is 1. The highest BCUT2D eigenvalue weighted by atomic mass is 79.9. The summed E-state index contributed by atoms with van der Waals surface area (Å²) in [6.07, 6.45) is 0. The van der Waals surface area contributed by atoms with E-state index in [4.69, 9.17) is 0 Å². The van der Waals surface area contributed by atoms with E-state index in [2.05, 4.69) is 34.2 Å². The van der Waals surface area contributed by atoms with Gasteiger partial charge in [-0.05, 0) is 43.5 Å². The molecule has 3 nitrogen and oxygen atoms in total. The lowest BCUT2D eigenvalue weighted by atomic mass is 10.1. The lowest BCUT2D eigenvalue weighted by Crippen LogP contribution is -2.41. The van der Waals surface area contributed by atoms with Crippen LogP contribution in [-0.4, -0.2) is 25.0 Å². The van der Waals surface area contributed by atoms with Gasteiger partial charge in [0.2, 0.25) is 5.91 Å². The molecule has 4 heteroatoms. The highest BCUT2D eigenvalue weighted by molar-refractivity contribution is 9.10. The number of hydrogen-bond donors (Lipinski definition) is 1. The van der Waals surface area contributed by atoms with Crippen molar-refractivity contribution < 1.29 is 4.79 Å². The molecule has 0 spiro atoms. The maximum Gasteiger partial charge on any atom is 0.243 e. The monoisotopic (exact) mass is 310 g/mol. The Morgan fingerprint density at radius 2 is 2.11 bits per heavy atom. The number of aryl methyl sites for hydroxylation is 1. The molecule has 1 fully saturated rings. The van der Waals surface area contributed by atoms with Crippen LogP contribution in [0, 0.1) is 12.8 Å². The lowest BCUT2D eigenvalue weighted by Gasteiger charge is -2.24. The number of hydrogen-bond acceptors (Lipinski definition) is 2. The van der Waals surface area contributed by atoms with Crippen LogP contribution in [0.15, 0.2) is 22.7 Å². The number of carbonyl (C=O) groups excluding carboxylic acids is 1. The summed E-state index contributed by atoms with van der Waals surface area (Å²) in [6.45, 7) is 7.80. The molecule has 98 valence electrons. The summed E-state index contributed by atoms with van der Waals surface area (Å²) in [5.41, 5.74) is 2.14. The van der Waals surface area contributed by atoms with Crippen molar-refractivity contribution in [3.8, 4) is 0 Å². The molecule has 2 atom stereocenters. The Kier molecular flexibility index (Phi) is 4.07. The molecule has 2 rings (SSSR count). The van der Waals surface area contributed by atoms with Crippen LogP contribution in [0.2, 0.25) is 0 Å². The van der Waals surface area contributed by atoms with Crippen molar-refractivity contribution >= 4 is 27.5 Å². The molecule has 1 aromatic carbocycles. The first-order valence-electron chi connectivity index (χ1n) is 6.30. The summed E-state index contributed by atoms with van der Waals surface area (Å²) in [5.74, 6) is 0.615. The van der Waals surface area contributed by atoms with Crippen LogP contribution < -0.4 is 10.2 Å². The third-order valence-electron chi connectivity index (χ3n) is 3.36. The second-order valence-corrected chi connectivity index (χ2v) is 5.97. The molecule has 1 saturated heterocycles. The van der Waals surface area contributed by atoms with Crippen molar-refractivity contribution in [2.45, 2.75) is 26.8 Å². The van der Waals surface area contributed by atoms with Gasteiger partial charge in [-0.2, -0.15) is 0 Å². The molecular formula is C14H19BrN2O. The van der Waals surface area contributed by atoms with E-state index in [9.17, 15) is 4.79 Å². The minimum Gasteiger partial charge on any atom is -0.311 e. The third-order valence-corrected chi connectivity index (χ3v) is 4.25. The van der Waals surface area contributed by atoms with Gasteiger partial charge in [-0.15, -0.1) is 0 Å². The molecule has 1 N–H and O–H groups in total. The molecule has 0 aromatic heterocycles. The molecule has 18 heavy (non-hydrogen) atoms. The average Bonchev–Trinajstić information content (AvgIpc) is 2.46. The minimum absolute atomic E-state index is 0.112. The molecule has 0 bridgehead atoms. The summed E-state index contributed by atoms with van der Waals surface area (Å²) >= 11 is 3.49. The predicted molar refractivity (Wildman–Crippen MR) is 77.9 cm³/mol. The number of rotatable bonds is 1. The molecule has 1 aliphatic rings. The molecule has 0 saturated carbocycles. The number of nitrogens with zero attached hydrogens (tertiary/aromatic N) is 1. The second-order valence-electron chi connectivity index (χ2n) is 5.12. The second kappa shape index (κ2) is 5.41. The van der Waals surface area contributed by atoms with E-state index in [1.165, 1.54) is 0 Å². The molecule has 1 aliphatic heterocycles. The third kappa shape index (κ3) is 2.75. The van der Waals surface area contributed by atoms with Gasteiger partial charge < -0.3 is 10.2 Å². The average molecular weight is 311 g/mol. The fourth-order valence-electron chi connectivity index (χ4n) is 2.19. The summed E-state index contributed by atoms with van der Waals surface area (Å²) in [4.78, 5) is 14.2. The SMILES string of the molecule is Cc1cc(N2CC(C)CNC(C)C2=O)ccc1Br. The van der Waals surface area contributed by atoms with Crippen LogP contribution in [0.25, 0.3) is 0 Å². The van der Waals surface area contributed by atoms with Crippen molar-refractivity contribution in [1.82, 2.24) is 5.32 Å². The maximum atomic E-state index is 12.3. The van der Waals surface area contributed by atoms with Gasteiger partial charge >= 0.3 is 0 Å². The Morgan fingerprint density at radius 1 is 1.39 bits per heavy atom. The predicted octanol–water partition coefficient (Wildman–Crippen LogP) is 2.72. The van der Waals surface area contributed by atoms with Crippen LogP contribution in [0.1, 0.15) is 19.4 Å². The Morgan fingerprint density at radius 3 is 2.78 bits per heavy atom. The Labute approximate surface area is 117 Å². The van der Waals surface area contributed by atoms with Crippen molar-refractivity contribution in [3.63, 3.8) is 0 Å². The number of nitrogens with one attached hydrogen (secondary N) is 1. The molecular weight excluding hydrogens is 292 g/mol. The van der Waals surface area contributed by atoms with Crippen molar-refractivity contribution in [3.05, 3.63) is 28.2 Å². The number of carbonyl (C=O) groups is 1. The molecule has 1 heterocycles. The molecule has 2 unspecified atom stereocenters. The normalized spacial score (nSPS) is 25.1. The van der Waals surface area contributed by atoms with Crippen LogP contribution in [0.5, 0.6) is 0 Å². The van der Waals surface area contributed by atoms with Crippen LogP contribution in [0.4, 0.5) is 5.69 Å². The first-order valence-corrected chi connectivity index (χ1v) is 7.09. The largest absolute Gasteiger partial charge is 0.311 e. The highest BCUT2D eigenvalue weighted by Crippen LogP contribution is 2.25. The Balaban J connectivity index is 2.33. The van der Waals surface area contributed by atoms with Crippen molar-refractivity contribution in [2.75, 3.05) is 18.0 Å². The zero-order valence-electron chi connectivity index (χ0n) is 11.0. The Hall–Kier alpha value is -0.870. The van der Waals surface area contributed by atoms with E-state index in [-0.39, 0.29) is 11.9 Å². The number of amides is 1. The van der Waals surface area contributed by atoms with Gasteiger partial charge in [-0.1, -0.05) is 22.9 Å². The van der Waals surface area contributed by atoms with Crippen LogP contribution in [-0.2, 0) is 4.79 Å². The van der Waals surface area contributed by atoms with Crippen LogP contribution >= 0.6 is 15.9 Å². The van der Waals surface area contributed by atoms with E-state index in [1.54, 1.807) is 0 Å². The van der Waals surface area contributed by atoms with Gasteiger partial charge in [0.25, 0.3) is 0 Å². The van der Waals surface area contributed by atoms with E-state index in [0.29, 0.717) is 5.92 Å². The van der Waals surface area contributed by atoms with E-state index < -0.39 is 0 Å². The fourth-order valence-corrected chi connectivity index (χ4v) is 2.44. The van der Waals surface area contributed by atoms with Gasteiger partial charge in [-0.25, -0.2) is 0 Å². The first kappa shape index (κ1) is 13.6. The molecule has 1 amide bonds. The van der Waals surface area contributed by atoms with Crippen molar-refractivity contribution in [1.29, 1.82) is 0 Å². The van der Waals surface area contributed by atoms with Gasteiger partial charge in [0.05, 0.1) is 6.04 Å². The Bertz CT molecular complexity index is 461. The zero-order chi connectivity index (χ0) is 13.3. The van der Waals surface area contributed by atoms with Crippen molar-refractivity contribution in [2.24, 2.45) is 5.92 Å². The van der Waals surface area contributed by atoms with Gasteiger partial charge in [-0.3, -0.25) is 4.79 Å². The van der Waals surface area contributed by atoms with E-state index in [1.807, 2.05) is 30.9 Å². The summed E-state index contributed by atoms with van der Waals surface area (Å²) in [6, 6.07) is 5.96. The fraction of sp³-hybridized carbons (Fsp3) is 0.500. The lowest BCUT2D eigenvalue weighted by molar-refractivity contribution is -0.119. The summed E-state index contributed by atoms with van der Waals surface area (Å²) < 4.78 is 1.08. The standard InChI is InChI=1S/C14H19BrN2O/c1-9-7-16-11(3)14(18)17(8-9)12-4-5-13(15)10(2)6-12/h4-6,9,11,16H,7-8H2,1-3H3. The highest BCUT2D eigenvalue weighted by Gasteiger charge is 2.27. The number of benzene rings is 1. The summed E-state index contributed by atoms with van der Waals surface area (Å²) in [5, 5.41) is 3.27.